The number of alkyl halides is 1. The molecular weight excluding hydrogens is 372 g/mol. The molecule has 2 rings (SSSR count). The van der Waals surface area contributed by atoms with E-state index in [1.807, 2.05) is 0 Å². The van der Waals surface area contributed by atoms with E-state index in [-0.39, 0.29) is 16.7 Å². The second-order valence-corrected chi connectivity index (χ2v) is 5.67. The van der Waals surface area contributed by atoms with Crippen molar-refractivity contribution in [2.75, 3.05) is 11.2 Å². The van der Waals surface area contributed by atoms with Crippen LogP contribution in [0.15, 0.2) is 22.7 Å². The molecule has 0 unspecified atom stereocenters. The summed E-state index contributed by atoms with van der Waals surface area (Å²) in [4.78, 5) is 21.7. The van der Waals surface area contributed by atoms with E-state index >= 15 is 0 Å². The molecule has 7 nitrogen and oxygen atoms in total. The van der Waals surface area contributed by atoms with Crippen molar-refractivity contribution in [3.8, 4) is 10.6 Å². The number of rotatable bonds is 4. The maximum Gasteiger partial charge on any atom is 0.280 e. The van der Waals surface area contributed by atoms with Gasteiger partial charge in [-0.25, -0.2) is 0 Å². The van der Waals surface area contributed by atoms with Gasteiger partial charge in [0.25, 0.3) is 5.69 Å². The molecule has 0 saturated carbocycles. The fourth-order valence-corrected chi connectivity index (χ4v) is 2.58. The number of benzene rings is 1. The third kappa shape index (κ3) is 3.30. The summed E-state index contributed by atoms with van der Waals surface area (Å²) in [5.74, 6) is -0.618. The summed E-state index contributed by atoms with van der Waals surface area (Å²) < 4.78 is 0.591. The van der Waals surface area contributed by atoms with Crippen LogP contribution in [0.4, 0.5) is 10.8 Å². The van der Waals surface area contributed by atoms with E-state index in [4.69, 9.17) is 11.6 Å². The van der Waals surface area contributed by atoms with Crippen LogP contribution in [0.25, 0.3) is 10.6 Å². The zero-order chi connectivity index (χ0) is 14.7. The van der Waals surface area contributed by atoms with Gasteiger partial charge in [-0.2, -0.15) is 0 Å². The van der Waals surface area contributed by atoms with Crippen molar-refractivity contribution >= 4 is 55.6 Å². The Labute approximate surface area is 130 Å². The summed E-state index contributed by atoms with van der Waals surface area (Å²) in [6, 6.07) is 4.62. The van der Waals surface area contributed by atoms with Gasteiger partial charge in [0.15, 0.2) is 5.01 Å². The second-order valence-electron chi connectivity index (χ2n) is 3.51. The van der Waals surface area contributed by atoms with Crippen LogP contribution in [0.5, 0.6) is 0 Å². The SMILES string of the molecule is O=C(CCl)Nc1nnc(-c2ccc(Br)cc2[N+](=O)[O-])s1. The minimum Gasteiger partial charge on any atom is -0.299 e. The number of nitrogens with one attached hydrogen (secondary N) is 1. The van der Waals surface area contributed by atoms with E-state index in [1.165, 1.54) is 6.07 Å². The molecule has 0 saturated heterocycles. The van der Waals surface area contributed by atoms with Crippen LogP contribution < -0.4 is 5.32 Å². The van der Waals surface area contributed by atoms with Gasteiger partial charge >= 0.3 is 0 Å². The number of carbonyl (C=O) groups is 1. The lowest BCUT2D eigenvalue weighted by atomic mass is 10.2. The van der Waals surface area contributed by atoms with Crippen LogP contribution in [0.2, 0.25) is 0 Å². The van der Waals surface area contributed by atoms with Gasteiger partial charge in [-0.05, 0) is 12.1 Å². The lowest BCUT2D eigenvalue weighted by Gasteiger charge is -1.99. The number of carbonyl (C=O) groups excluding carboxylic acids is 1. The first-order chi connectivity index (χ1) is 9.51. The molecule has 1 aromatic carbocycles. The van der Waals surface area contributed by atoms with Gasteiger partial charge in [0.05, 0.1) is 10.5 Å². The highest BCUT2D eigenvalue weighted by Crippen LogP contribution is 2.35. The Morgan fingerprint density at radius 2 is 2.25 bits per heavy atom. The average molecular weight is 378 g/mol. The number of amides is 1. The molecule has 1 heterocycles. The number of hydrogen-bond donors (Lipinski definition) is 1. The number of hydrogen-bond acceptors (Lipinski definition) is 6. The summed E-state index contributed by atoms with van der Waals surface area (Å²) >= 11 is 9.57. The number of nitro benzene ring substituents is 1. The summed E-state index contributed by atoms with van der Waals surface area (Å²) in [6.07, 6.45) is 0. The predicted octanol–water partition coefficient (Wildman–Crippen LogP) is 3.05. The molecule has 2 aromatic rings. The molecule has 0 atom stereocenters. The van der Waals surface area contributed by atoms with Crippen molar-refractivity contribution in [1.29, 1.82) is 0 Å². The number of halogens is 2. The predicted molar refractivity (Wildman–Crippen MR) is 79.0 cm³/mol. The molecule has 0 aliphatic carbocycles. The van der Waals surface area contributed by atoms with Crippen LogP contribution in [0.3, 0.4) is 0 Å². The third-order valence-electron chi connectivity index (χ3n) is 2.18. The standard InChI is InChI=1S/C10H6BrClN4O3S/c11-5-1-2-6(7(3-5)16(18)19)9-14-15-10(20-9)13-8(17)4-12/h1-3H,4H2,(H,13,15,17). The topological polar surface area (TPSA) is 98.0 Å². The highest BCUT2D eigenvalue weighted by Gasteiger charge is 2.19. The molecule has 0 bridgehead atoms. The largest absolute Gasteiger partial charge is 0.299 e. The van der Waals surface area contributed by atoms with Crippen molar-refractivity contribution in [3.05, 3.63) is 32.8 Å². The van der Waals surface area contributed by atoms with Gasteiger partial charge in [-0.15, -0.1) is 21.8 Å². The highest BCUT2D eigenvalue weighted by molar-refractivity contribution is 9.10. The first kappa shape index (κ1) is 14.8. The van der Waals surface area contributed by atoms with Gasteiger partial charge in [-0.1, -0.05) is 27.3 Å². The van der Waals surface area contributed by atoms with Gasteiger partial charge in [0, 0.05) is 10.5 Å². The molecular formula is C10H6BrClN4O3S. The zero-order valence-corrected chi connectivity index (χ0v) is 12.8. The zero-order valence-electron chi connectivity index (χ0n) is 9.67. The summed E-state index contributed by atoms with van der Waals surface area (Å²) in [5, 5.41) is 21.6. The third-order valence-corrected chi connectivity index (χ3v) is 3.79. The van der Waals surface area contributed by atoms with Crippen LogP contribution in [0, 0.1) is 10.1 Å². The highest BCUT2D eigenvalue weighted by atomic mass is 79.9. The first-order valence-corrected chi connectivity index (χ1v) is 7.29. The second kappa shape index (κ2) is 6.25. The molecule has 0 fully saturated rings. The Balaban J connectivity index is 2.37. The molecule has 20 heavy (non-hydrogen) atoms. The van der Waals surface area contributed by atoms with Crippen LogP contribution in [-0.2, 0) is 4.79 Å². The Kier molecular flexibility index (Phi) is 4.63. The van der Waals surface area contributed by atoms with Crippen molar-refractivity contribution in [2.24, 2.45) is 0 Å². The summed E-state index contributed by atoms with van der Waals surface area (Å²) in [6.45, 7) is 0. The minimum absolute atomic E-state index is 0.0919. The maximum absolute atomic E-state index is 11.1. The Morgan fingerprint density at radius 1 is 1.50 bits per heavy atom. The molecule has 0 radical (unpaired) electrons. The fraction of sp³-hybridized carbons (Fsp3) is 0.100. The molecule has 1 amide bonds. The van der Waals surface area contributed by atoms with Gasteiger partial charge in [-0.3, -0.25) is 20.2 Å². The Morgan fingerprint density at radius 3 is 2.90 bits per heavy atom. The summed E-state index contributed by atoms with van der Waals surface area (Å²) in [7, 11) is 0. The van der Waals surface area contributed by atoms with E-state index in [2.05, 4.69) is 31.4 Å². The Hall–Kier alpha value is -1.58. The lowest BCUT2D eigenvalue weighted by Crippen LogP contribution is -2.12. The minimum atomic E-state index is -0.501. The van der Waals surface area contributed by atoms with Crippen LogP contribution in [-0.4, -0.2) is 26.9 Å². The van der Waals surface area contributed by atoms with Crippen molar-refractivity contribution in [2.45, 2.75) is 0 Å². The average Bonchev–Trinajstić information content (AvgIpc) is 2.86. The van der Waals surface area contributed by atoms with Crippen molar-refractivity contribution in [3.63, 3.8) is 0 Å². The van der Waals surface area contributed by atoms with Crippen molar-refractivity contribution in [1.82, 2.24) is 10.2 Å². The first-order valence-electron chi connectivity index (χ1n) is 5.15. The lowest BCUT2D eigenvalue weighted by molar-refractivity contribution is -0.384. The monoisotopic (exact) mass is 376 g/mol. The normalized spacial score (nSPS) is 10.3. The maximum atomic E-state index is 11.1. The molecule has 0 aliphatic rings. The van der Waals surface area contributed by atoms with Gasteiger partial charge in [0.2, 0.25) is 11.0 Å². The van der Waals surface area contributed by atoms with E-state index < -0.39 is 10.8 Å². The van der Waals surface area contributed by atoms with E-state index in [9.17, 15) is 14.9 Å². The van der Waals surface area contributed by atoms with Crippen LogP contribution >= 0.6 is 38.9 Å². The van der Waals surface area contributed by atoms with E-state index in [0.717, 1.165) is 11.3 Å². The van der Waals surface area contributed by atoms with E-state index in [0.29, 0.717) is 15.0 Å². The summed E-state index contributed by atoms with van der Waals surface area (Å²) in [5.41, 5.74) is 0.243. The van der Waals surface area contributed by atoms with E-state index in [1.54, 1.807) is 12.1 Å². The molecule has 1 aromatic heterocycles. The molecule has 0 spiro atoms. The molecule has 10 heteroatoms. The van der Waals surface area contributed by atoms with Crippen molar-refractivity contribution < 1.29 is 9.72 Å². The van der Waals surface area contributed by atoms with Crippen LogP contribution in [0.1, 0.15) is 0 Å². The molecule has 0 aliphatic heterocycles. The number of nitrogens with zero attached hydrogens (tertiary/aromatic N) is 3. The Bertz CT molecular complexity index is 678. The molecule has 1 N–H and O–H groups in total. The smallest absolute Gasteiger partial charge is 0.280 e. The van der Waals surface area contributed by atoms with Gasteiger partial charge in [0.1, 0.15) is 5.88 Å². The number of nitro groups is 1. The number of anilines is 1. The number of aromatic nitrogens is 2. The fourth-order valence-electron chi connectivity index (χ4n) is 1.37. The van der Waals surface area contributed by atoms with Gasteiger partial charge < -0.3 is 0 Å². The molecule has 104 valence electrons. The quantitative estimate of drug-likeness (QED) is 0.501.